The fourth-order valence-corrected chi connectivity index (χ4v) is 2.00. The van der Waals surface area contributed by atoms with Crippen molar-refractivity contribution < 1.29 is 18.8 Å². The molecule has 7 heteroatoms. The summed E-state index contributed by atoms with van der Waals surface area (Å²) < 4.78 is 18.6. The van der Waals surface area contributed by atoms with E-state index in [2.05, 4.69) is 4.74 Å². The summed E-state index contributed by atoms with van der Waals surface area (Å²) in [6.45, 7) is 1.23. The van der Waals surface area contributed by atoms with Crippen molar-refractivity contribution >= 4 is 17.8 Å². The Labute approximate surface area is 116 Å². The first-order valence-electron chi connectivity index (χ1n) is 6.26. The fourth-order valence-electron chi connectivity index (χ4n) is 2.00. The lowest BCUT2D eigenvalue weighted by molar-refractivity contribution is 0.0964. The van der Waals surface area contributed by atoms with Gasteiger partial charge in [-0.15, -0.1) is 5.12 Å². The summed E-state index contributed by atoms with van der Waals surface area (Å²) >= 11 is 0. The molecule has 108 valence electrons. The summed E-state index contributed by atoms with van der Waals surface area (Å²) in [5, 5.41) is 0.119. The maximum Gasteiger partial charge on any atom is 0.409 e. The molecule has 0 unspecified atom stereocenters. The minimum Gasteiger partial charge on any atom is -0.453 e. The largest absolute Gasteiger partial charge is 0.453 e. The highest BCUT2D eigenvalue weighted by Crippen LogP contribution is 2.16. The summed E-state index contributed by atoms with van der Waals surface area (Å²) in [5.74, 6) is 0. The zero-order chi connectivity index (χ0) is 14.5. The molecule has 0 N–H and O–H groups in total. The molecular weight excluding hydrogens is 265 g/mol. The van der Waals surface area contributed by atoms with E-state index in [0.29, 0.717) is 13.1 Å². The number of rotatable bonds is 1. The number of amides is 3. The minimum absolute atomic E-state index is 0.119. The molecule has 3 amide bonds. The molecular formula is C13H16FN3O3. The average molecular weight is 281 g/mol. The molecule has 1 heterocycles. The topological polar surface area (TPSA) is 53.1 Å². The van der Waals surface area contributed by atoms with Crippen molar-refractivity contribution in [1.82, 2.24) is 9.80 Å². The average Bonchev–Trinajstić information content (AvgIpc) is 2.53. The smallest absolute Gasteiger partial charge is 0.409 e. The van der Waals surface area contributed by atoms with Gasteiger partial charge >= 0.3 is 12.1 Å². The zero-order valence-electron chi connectivity index (χ0n) is 11.2. The normalized spacial score (nSPS) is 14.9. The molecule has 0 spiro atoms. The standard InChI is InChI=1S/C13H16FN3O3/c1-20-13(19)16-9-7-15(8-10-16)12(18)17(14)11-5-3-2-4-6-11/h2-6H,7-10H2,1H3. The Balaban J connectivity index is 1.93. The zero-order valence-corrected chi connectivity index (χ0v) is 11.2. The molecule has 1 aliphatic heterocycles. The molecule has 0 aromatic heterocycles. The van der Waals surface area contributed by atoms with Crippen LogP contribution in [0.2, 0.25) is 0 Å². The summed E-state index contributed by atoms with van der Waals surface area (Å²) in [6.07, 6.45) is -0.433. The number of halogens is 1. The summed E-state index contributed by atoms with van der Waals surface area (Å²) in [6, 6.07) is 7.37. The number of hydrogen-bond donors (Lipinski definition) is 0. The first-order chi connectivity index (χ1) is 9.63. The molecule has 1 fully saturated rings. The van der Waals surface area contributed by atoms with E-state index in [1.165, 1.54) is 29.0 Å². The highest BCUT2D eigenvalue weighted by atomic mass is 19.2. The highest BCUT2D eigenvalue weighted by molar-refractivity contribution is 5.89. The minimum atomic E-state index is -0.722. The number of piperazine rings is 1. The number of carbonyl (C=O) groups is 2. The van der Waals surface area contributed by atoms with E-state index >= 15 is 0 Å². The van der Waals surface area contributed by atoms with Crippen LogP contribution in [0.3, 0.4) is 0 Å². The van der Waals surface area contributed by atoms with Crippen LogP contribution in [-0.2, 0) is 4.74 Å². The quantitative estimate of drug-likeness (QED) is 0.739. The molecule has 0 bridgehead atoms. The third kappa shape index (κ3) is 2.98. The fraction of sp³-hybridized carbons (Fsp3) is 0.385. The molecule has 0 saturated carbocycles. The van der Waals surface area contributed by atoms with Crippen LogP contribution < -0.4 is 5.12 Å². The van der Waals surface area contributed by atoms with Crippen LogP contribution in [0.15, 0.2) is 30.3 Å². The SMILES string of the molecule is COC(=O)N1CCN(C(=O)N(F)c2ccccc2)CC1. The van der Waals surface area contributed by atoms with Crippen molar-refractivity contribution in [2.24, 2.45) is 0 Å². The van der Waals surface area contributed by atoms with Crippen LogP contribution in [0, 0.1) is 0 Å². The van der Waals surface area contributed by atoms with Gasteiger partial charge in [0.05, 0.1) is 12.8 Å². The molecule has 2 rings (SSSR count). The first kappa shape index (κ1) is 14.1. The van der Waals surface area contributed by atoms with Crippen LogP contribution >= 0.6 is 0 Å². The lowest BCUT2D eigenvalue weighted by Crippen LogP contribution is -2.52. The molecule has 1 aromatic rings. The molecule has 0 atom stereocenters. The van der Waals surface area contributed by atoms with Crippen LogP contribution in [0.5, 0.6) is 0 Å². The van der Waals surface area contributed by atoms with Crippen LogP contribution in [0.1, 0.15) is 0 Å². The summed E-state index contributed by atoms with van der Waals surface area (Å²) in [5.41, 5.74) is 0.188. The van der Waals surface area contributed by atoms with E-state index in [9.17, 15) is 14.1 Å². The third-order valence-electron chi connectivity index (χ3n) is 3.13. The second-order valence-corrected chi connectivity index (χ2v) is 4.34. The molecule has 1 saturated heterocycles. The highest BCUT2D eigenvalue weighted by Gasteiger charge is 2.28. The predicted octanol–water partition coefficient (Wildman–Crippen LogP) is 1.88. The Bertz CT molecular complexity index is 475. The predicted molar refractivity (Wildman–Crippen MR) is 71.0 cm³/mol. The third-order valence-corrected chi connectivity index (χ3v) is 3.13. The molecule has 6 nitrogen and oxygen atoms in total. The van der Waals surface area contributed by atoms with Gasteiger partial charge in [-0.1, -0.05) is 22.7 Å². The molecule has 1 aliphatic rings. The second kappa shape index (κ2) is 6.23. The van der Waals surface area contributed by atoms with Gasteiger partial charge in [-0.3, -0.25) is 0 Å². The van der Waals surface area contributed by atoms with Crippen molar-refractivity contribution in [1.29, 1.82) is 0 Å². The number of para-hydroxylation sites is 1. The lowest BCUT2D eigenvalue weighted by Gasteiger charge is -2.34. The molecule has 20 heavy (non-hydrogen) atoms. The number of anilines is 1. The molecule has 0 aliphatic carbocycles. The Hall–Kier alpha value is -2.31. The number of urea groups is 1. The van der Waals surface area contributed by atoms with Crippen molar-refractivity contribution in [3.05, 3.63) is 30.3 Å². The molecule has 0 radical (unpaired) electrons. The van der Waals surface area contributed by atoms with Gasteiger partial charge < -0.3 is 14.5 Å². The van der Waals surface area contributed by atoms with Gasteiger partial charge in [0.25, 0.3) is 0 Å². The van der Waals surface area contributed by atoms with E-state index < -0.39 is 12.1 Å². The Morgan fingerprint density at radius 3 is 2.20 bits per heavy atom. The van der Waals surface area contributed by atoms with E-state index in [0.717, 1.165) is 0 Å². The van der Waals surface area contributed by atoms with E-state index in [1.54, 1.807) is 18.2 Å². The van der Waals surface area contributed by atoms with Gasteiger partial charge in [0, 0.05) is 26.2 Å². The Kier molecular flexibility index (Phi) is 4.39. The maximum atomic E-state index is 14.0. The maximum absolute atomic E-state index is 14.0. The van der Waals surface area contributed by atoms with Gasteiger partial charge in [0.1, 0.15) is 0 Å². The van der Waals surface area contributed by atoms with E-state index in [-0.39, 0.29) is 23.9 Å². The van der Waals surface area contributed by atoms with Crippen LogP contribution in [-0.4, -0.2) is 55.2 Å². The van der Waals surface area contributed by atoms with Crippen molar-refractivity contribution in [3.63, 3.8) is 0 Å². The van der Waals surface area contributed by atoms with Crippen LogP contribution in [0.4, 0.5) is 19.8 Å². The van der Waals surface area contributed by atoms with Gasteiger partial charge in [0.15, 0.2) is 0 Å². The number of nitrogens with zero attached hydrogens (tertiary/aromatic N) is 3. The van der Waals surface area contributed by atoms with Crippen LogP contribution in [0.25, 0.3) is 0 Å². The number of benzene rings is 1. The number of hydrogen-bond acceptors (Lipinski definition) is 3. The summed E-state index contributed by atoms with van der Waals surface area (Å²) in [7, 11) is 1.30. The number of ether oxygens (including phenoxy) is 1. The second-order valence-electron chi connectivity index (χ2n) is 4.34. The molecule has 1 aromatic carbocycles. The van der Waals surface area contributed by atoms with E-state index in [1.807, 2.05) is 0 Å². The van der Waals surface area contributed by atoms with Gasteiger partial charge in [-0.2, -0.15) is 0 Å². The van der Waals surface area contributed by atoms with Gasteiger partial charge in [-0.05, 0) is 12.1 Å². The Morgan fingerprint density at radius 2 is 1.65 bits per heavy atom. The Morgan fingerprint density at radius 1 is 1.10 bits per heavy atom. The van der Waals surface area contributed by atoms with Gasteiger partial charge in [-0.25, -0.2) is 9.59 Å². The summed E-state index contributed by atoms with van der Waals surface area (Å²) in [4.78, 5) is 26.1. The monoisotopic (exact) mass is 281 g/mol. The number of carbonyl (C=O) groups excluding carboxylic acids is 2. The van der Waals surface area contributed by atoms with E-state index in [4.69, 9.17) is 0 Å². The van der Waals surface area contributed by atoms with Crippen molar-refractivity contribution in [2.75, 3.05) is 38.4 Å². The van der Waals surface area contributed by atoms with Gasteiger partial charge in [0.2, 0.25) is 0 Å². The first-order valence-corrected chi connectivity index (χ1v) is 6.26. The lowest BCUT2D eigenvalue weighted by atomic mass is 10.3. The number of methoxy groups -OCH3 is 1. The van der Waals surface area contributed by atoms with Crippen molar-refractivity contribution in [2.45, 2.75) is 0 Å². The van der Waals surface area contributed by atoms with Crippen molar-refractivity contribution in [3.8, 4) is 0 Å².